The second kappa shape index (κ2) is 24.5. The Hall–Kier alpha value is 1.85. The summed E-state index contributed by atoms with van der Waals surface area (Å²) in [7, 11) is -4.78. The third-order valence-electron chi connectivity index (χ3n) is 4.22. The van der Waals surface area contributed by atoms with Crippen molar-refractivity contribution in [3.8, 4) is 0 Å². The van der Waals surface area contributed by atoms with Crippen molar-refractivity contribution in [1.82, 2.24) is 0 Å². The van der Waals surface area contributed by atoms with Gasteiger partial charge in [0.05, 0.1) is 13.0 Å². The van der Waals surface area contributed by atoms with Crippen LogP contribution in [0.3, 0.4) is 0 Å². The van der Waals surface area contributed by atoms with E-state index in [1.54, 1.807) is 0 Å². The van der Waals surface area contributed by atoms with Crippen molar-refractivity contribution in [2.24, 2.45) is 0 Å². The van der Waals surface area contributed by atoms with Crippen molar-refractivity contribution >= 4 is 111 Å². The van der Waals surface area contributed by atoms with Gasteiger partial charge in [0, 0.05) is 0 Å². The summed E-state index contributed by atoms with van der Waals surface area (Å²) in [6.45, 7) is 2.24. The van der Waals surface area contributed by atoms with Crippen LogP contribution in [-0.4, -0.2) is 131 Å². The summed E-state index contributed by atoms with van der Waals surface area (Å²) in [5.41, 5.74) is 0. The molecule has 0 spiro atoms. The number of carbonyl (C=O) groups excluding carboxylic acids is 1. The van der Waals surface area contributed by atoms with Crippen molar-refractivity contribution in [3.63, 3.8) is 0 Å². The van der Waals surface area contributed by atoms with E-state index in [-0.39, 0.29) is 95.3 Å². The molecule has 0 aromatic carbocycles. The molecule has 0 saturated carbocycles. The van der Waals surface area contributed by atoms with Gasteiger partial charge in [-0.3, -0.25) is 14.1 Å². The van der Waals surface area contributed by atoms with Gasteiger partial charge < -0.3 is 9.84 Å². The van der Waals surface area contributed by atoms with Crippen LogP contribution in [0.15, 0.2) is 0 Å². The Morgan fingerprint density at radius 3 is 1.52 bits per heavy atom. The van der Waals surface area contributed by atoms with Gasteiger partial charge in [-0.05, 0) is 6.42 Å². The molecule has 0 aromatic heterocycles. The van der Waals surface area contributed by atoms with Crippen LogP contribution in [0.5, 0.6) is 0 Å². The average Bonchev–Trinajstić information content (AvgIpc) is 2.55. The van der Waals surface area contributed by atoms with Gasteiger partial charge in [0.25, 0.3) is 10.1 Å². The molecule has 7 nitrogen and oxygen atoms in total. The van der Waals surface area contributed by atoms with Crippen LogP contribution in [0.25, 0.3) is 0 Å². The fourth-order valence-corrected chi connectivity index (χ4v) is 3.34. The molecule has 160 valence electrons. The van der Waals surface area contributed by atoms with Crippen LogP contribution in [0.4, 0.5) is 0 Å². The average molecular weight is 467 g/mol. The molecule has 0 radical (unpaired) electrons. The molecule has 29 heavy (non-hydrogen) atoms. The van der Waals surface area contributed by atoms with Crippen LogP contribution in [0.1, 0.15) is 90.4 Å². The minimum absolute atomic E-state index is 0. The number of unbranched alkanes of at least 4 members (excludes halogenated alkanes) is 11. The summed E-state index contributed by atoms with van der Waals surface area (Å²) >= 11 is 0. The Labute approximate surface area is 242 Å². The fraction of sp³-hybridized carbons (Fsp3) is 0.889. The summed E-state index contributed by atoms with van der Waals surface area (Å²) < 4.78 is 35.8. The predicted octanol–water partition coefficient (Wildman–Crippen LogP) is 2.02. The summed E-state index contributed by atoms with van der Waals surface area (Å²) in [5, 5.41) is 6.54. The molecule has 11 heteroatoms. The first-order chi connectivity index (χ1) is 12.3. The summed E-state index contributed by atoms with van der Waals surface area (Å²) in [5.74, 6) is -2.70. The van der Waals surface area contributed by atoms with Crippen molar-refractivity contribution in [2.75, 3.05) is 6.61 Å². The topological polar surface area (TPSA) is 118 Å². The van der Waals surface area contributed by atoms with Crippen molar-refractivity contribution in [2.45, 2.75) is 95.6 Å². The van der Waals surface area contributed by atoms with Gasteiger partial charge in [0.2, 0.25) is 0 Å². The number of rotatable bonds is 17. The van der Waals surface area contributed by atoms with Gasteiger partial charge in [-0.2, -0.15) is 8.42 Å². The molecule has 0 rings (SSSR count). The summed E-state index contributed by atoms with van der Waals surface area (Å²) in [6, 6.07) is 0. The van der Waals surface area contributed by atoms with Crippen LogP contribution in [-0.2, 0) is 24.4 Å². The van der Waals surface area contributed by atoms with Crippen molar-refractivity contribution in [3.05, 3.63) is 0 Å². The minimum atomic E-state index is -4.78. The Kier molecular flexibility index (Phi) is 32.2. The van der Waals surface area contributed by atoms with Gasteiger partial charge >= 0.3 is 101 Å². The van der Waals surface area contributed by atoms with Gasteiger partial charge in [-0.1, -0.05) is 77.6 Å². The molecule has 0 aliphatic carbocycles. The van der Waals surface area contributed by atoms with Crippen molar-refractivity contribution in [1.29, 1.82) is 0 Å². The zero-order valence-electron chi connectivity index (χ0n) is 15.8. The second-order valence-electron chi connectivity index (χ2n) is 6.66. The molecule has 0 aliphatic rings. The van der Waals surface area contributed by atoms with Gasteiger partial charge in [0.15, 0.2) is 5.25 Å². The normalized spacial score (nSPS) is 11.4. The van der Waals surface area contributed by atoms with E-state index in [9.17, 15) is 18.0 Å². The molecule has 0 fully saturated rings. The van der Waals surface area contributed by atoms with E-state index in [4.69, 9.17) is 14.4 Å². The number of carboxylic acids is 1. The molecule has 0 amide bonds. The first kappa shape index (κ1) is 38.1. The Bertz CT molecular complexity index is 502. The van der Waals surface area contributed by atoms with Crippen LogP contribution < -0.4 is 0 Å². The number of carbonyl (C=O) groups is 2. The molecule has 0 aliphatic heterocycles. The maximum atomic E-state index is 11.6. The Morgan fingerprint density at radius 2 is 1.17 bits per heavy atom. The van der Waals surface area contributed by atoms with Gasteiger partial charge in [-0.15, -0.1) is 0 Å². The zero-order chi connectivity index (χ0) is 19.8. The van der Waals surface area contributed by atoms with Crippen LogP contribution in [0, 0.1) is 0 Å². The maximum absolute atomic E-state index is 11.6. The summed E-state index contributed by atoms with van der Waals surface area (Å²) in [4.78, 5) is 22.2. The molecule has 0 aromatic rings. The monoisotopic (exact) mass is 466 g/mol. The van der Waals surface area contributed by atoms with Gasteiger partial charge in [-0.25, -0.2) is 0 Å². The molecule has 1 unspecified atom stereocenters. The van der Waals surface area contributed by atoms with E-state index in [0.29, 0.717) is 6.42 Å². The zero-order valence-corrected chi connectivity index (χ0v) is 16.6. The van der Waals surface area contributed by atoms with E-state index in [2.05, 4.69) is 6.92 Å². The number of hydrogen-bond acceptors (Lipinski definition) is 5. The summed E-state index contributed by atoms with van der Waals surface area (Å²) in [6.07, 6.45) is 12.9. The Balaban J connectivity index is -0.00000104. The van der Waals surface area contributed by atoms with E-state index in [1.165, 1.54) is 51.4 Å². The predicted molar refractivity (Wildman–Crippen MR) is 121 cm³/mol. The number of hydrogen-bond donors (Lipinski definition) is 2. The van der Waals surface area contributed by atoms with E-state index in [0.717, 1.165) is 19.3 Å². The first-order valence-electron chi connectivity index (χ1n) is 9.63. The molecule has 0 heterocycles. The number of carboxylic acid groups (broad SMARTS) is 1. The van der Waals surface area contributed by atoms with E-state index >= 15 is 0 Å². The van der Waals surface area contributed by atoms with Gasteiger partial charge in [0.1, 0.15) is 0 Å². The Morgan fingerprint density at radius 1 is 0.793 bits per heavy atom. The second-order valence-corrected chi connectivity index (χ2v) is 8.26. The molecular weight excluding hydrogens is 429 g/mol. The van der Waals surface area contributed by atoms with Crippen LogP contribution >= 0.6 is 0 Å². The molecule has 0 saturated heterocycles. The molecule has 2 N–H and O–H groups in total. The molecule has 1 atom stereocenters. The fourth-order valence-electron chi connectivity index (χ4n) is 2.68. The first-order valence-corrected chi connectivity index (χ1v) is 11.1. The SMILES string of the molecule is CCCCCCCCCCCCCCOC(=O)C(CC(=O)O)S(=O)(=O)O.[NaH].[NaH].[NaH]. The molecule has 0 bridgehead atoms. The van der Waals surface area contributed by atoms with E-state index in [1.807, 2.05) is 0 Å². The third-order valence-corrected chi connectivity index (χ3v) is 5.30. The quantitative estimate of drug-likeness (QED) is 0.146. The number of esters is 1. The van der Waals surface area contributed by atoms with E-state index < -0.39 is 33.7 Å². The third kappa shape index (κ3) is 24.3. The van der Waals surface area contributed by atoms with Crippen molar-refractivity contribution < 1.29 is 32.4 Å². The molecular formula is C18H37Na3O7S. The number of aliphatic carboxylic acids is 1. The number of ether oxygens (including phenoxy) is 1. The standard InChI is InChI=1S/C18H34O7S.3Na.3H/c1-2-3-4-5-6-7-8-9-10-11-12-13-14-25-18(21)16(15-17(19)20)26(22,23)24;;;;;;/h16H,2-15H2,1H3,(H,19,20)(H,22,23,24);;;;;;. The van der Waals surface area contributed by atoms with Crippen LogP contribution in [0.2, 0.25) is 0 Å².